The Hall–Kier alpha value is -1.42. The molecular formula is C17H17BrF2O. The molecule has 0 saturated heterocycles. The van der Waals surface area contributed by atoms with Crippen LogP contribution in [0, 0.1) is 0 Å². The number of hydrogen-bond donors (Lipinski definition) is 0. The molecule has 0 aliphatic carbocycles. The predicted octanol–water partition coefficient (Wildman–Crippen LogP) is 5.40. The first-order valence-corrected chi connectivity index (χ1v) is 7.69. The van der Waals surface area contributed by atoms with Gasteiger partial charge in [-0.3, -0.25) is 0 Å². The first-order chi connectivity index (χ1) is 10.1. The van der Waals surface area contributed by atoms with Crippen molar-refractivity contribution in [2.45, 2.75) is 32.8 Å². The van der Waals surface area contributed by atoms with Crippen molar-refractivity contribution in [2.75, 3.05) is 0 Å². The molecule has 0 atom stereocenters. The highest BCUT2D eigenvalue weighted by Gasteiger charge is 2.09. The molecule has 0 radical (unpaired) electrons. The van der Waals surface area contributed by atoms with Crippen molar-refractivity contribution >= 4 is 15.9 Å². The number of ether oxygens (including phenoxy) is 1. The second-order valence-electron chi connectivity index (χ2n) is 4.80. The van der Waals surface area contributed by atoms with Crippen LogP contribution >= 0.6 is 15.9 Å². The van der Waals surface area contributed by atoms with Gasteiger partial charge in [0.2, 0.25) is 0 Å². The van der Waals surface area contributed by atoms with Crippen molar-refractivity contribution in [3.05, 3.63) is 63.6 Å². The zero-order valence-electron chi connectivity index (χ0n) is 11.8. The number of benzene rings is 2. The van der Waals surface area contributed by atoms with E-state index in [1.165, 1.54) is 5.56 Å². The second kappa shape index (κ2) is 7.55. The van der Waals surface area contributed by atoms with Gasteiger partial charge < -0.3 is 4.74 Å². The van der Waals surface area contributed by atoms with Gasteiger partial charge in [0.05, 0.1) is 0 Å². The molecule has 0 bridgehead atoms. The maximum atomic E-state index is 12.3. The van der Waals surface area contributed by atoms with Crippen LogP contribution in [0.5, 0.6) is 5.75 Å². The molecule has 0 saturated carbocycles. The summed E-state index contributed by atoms with van der Waals surface area (Å²) in [6, 6.07) is 13.6. The fraction of sp³-hybridized carbons (Fsp3) is 0.294. The predicted molar refractivity (Wildman–Crippen MR) is 84.0 cm³/mol. The Labute approximate surface area is 132 Å². The van der Waals surface area contributed by atoms with Crippen molar-refractivity contribution < 1.29 is 13.5 Å². The minimum atomic E-state index is -2.78. The van der Waals surface area contributed by atoms with Gasteiger partial charge in [-0.25, -0.2) is 0 Å². The van der Waals surface area contributed by atoms with E-state index < -0.39 is 6.61 Å². The lowest BCUT2D eigenvalue weighted by molar-refractivity contribution is -0.0504. The monoisotopic (exact) mass is 354 g/mol. The zero-order chi connectivity index (χ0) is 15.2. The van der Waals surface area contributed by atoms with Gasteiger partial charge in [0.15, 0.2) is 0 Å². The van der Waals surface area contributed by atoms with E-state index in [0.29, 0.717) is 6.42 Å². The van der Waals surface area contributed by atoms with E-state index in [2.05, 4.69) is 32.8 Å². The SMILES string of the molecule is CCc1cc(CCc2cccc(Br)c2)ccc1OC(F)F. The number of aryl methyl sites for hydroxylation is 3. The van der Waals surface area contributed by atoms with E-state index in [9.17, 15) is 8.78 Å². The normalized spacial score (nSPS) is 10.9. The maximum absolute atomic E-state index is 12.3. The first kappa shape index (κ1) is 16.0. The molecule has 0 aromatic heterocycles. The average Bonchev–Trinajstić information content (AvgIpc) is 2.45. The van der Waals surface area contributed by atoms with Crippen LogP contribution in [0.1, 0.15) is 23.6 Å². The van der Waals surface area contributed by atoms with Gasteiger partial charge in [-0.1, -0.05) is 47.1 Å². The van der Waals surface area contributed by atoms with Crippen LogP contribution in [-0.2, 0) is 19.3 Å². The van der Waals surface area contributed by atoms with Crippen LogP contribution < -0.4 is 4.74 Å². The van der Waals surface area contributed by atoms with E-state index in [1.807, 2.05) is 31.2 Å². The van der Waals surface area contributed by atoms with Crippen molar-refractivity contribution in [3.8, 4) is 5.75 Å². The molecule has 0 N–H and O–H groups in total. The molecule has 2 aromatic carbocycles. The summed E-state index contributed by atoms with van der Waals surface area (Å²) in [5.74, 6) is 0.277. The molecule has 0 amide bonds. The number of rotatable bonds is 6. The van der Waals surface area contributed by atoms with Gasteiger partial charge in [0.1, 0.15) is 5.75 Å². The molecule has 0 fully saturated rings. The Morgan fingerprint density at radius 1 is 1.05 bits per heavy atom. The fourth-order valence-electron chi connectivity index (χ4n) is 2.26. The quantitative estimate of drug-likeness (QED) is 0.674. The van der Waals surface area contributed by atoms with Gasteiger partial charge in [-0.05, 0) is 54.2 Å². The fourth-order valence-corrected chi connectivity index (χ4v) is 2.70. The molecule has 1 nitrogen and oxygen atoms in total. The highest BCUT2D eigenvalue weighted by Crippen LogP contribution is 2.23. The average molecular weight is 355 g/mol. The van der Waals surface area contributed by atoms with E-state index in [0.717, 1.165) is 28.4 Å². The zero-order valence-corrected chi connectivity index (χ0v) is 13.4. The summed E-state index contributed by atoms with van der Waals surface area (Å²) in [7, 11) is 0. The van der Waals surface area contributed by atoms with Crippen molar-refractivity contribution in [3.63, 3.8) is 0 Å². The van der Waals surface area contributed by atoms with Crippen molar-refractivity contribution in [1.82, 2.24) is 0 Å². The minimum Gasteiger partial charge on any atom is -0.435 e. The molecular weight excluding hydrogens is 338 g/mol. The lowest BCUT2D eigenvalue weighted by atomic mass is 10.0. The molecule has 2 rings (SSSR count). The maximum Gasteiger partial charge on any atom is 0.387 e. The third kappa shape index (κ3) is 4.81. The first-order valence-electron chi connectivity index (χ1n) is 6.89. The van der Waals surface area contributed by atoms with E-state index in [4.69, 9.17) is 0 Å². The largest absolute Gasteiger partial charge is 0.435 e. The second-order valence-corrected chi connectivity index (χ2v) is 5.72. The third-order valence-electron chi connectivity index (χ3n) is 3.31. The van der Waals surface area contributed by atoms with E-state index in [-0.39, 0.29) is 5.75 Å². The Morgan fingerprint density at radius 2 is 1.76 bits per heavy atom. The van der Waals surface area contributed by atoms with Gasteiger partial charge in [0, 0.05) is 4.47 Å². The molecule has 112 valence electrons. The van der Waals surface area contributed by atoms with Crippen LogP contribution in [-0.4, -0.2) is 6.61 Å². The molecule has 4 heteroatoms. The van der Waals surface area contributed by atoms with E-state index in [1.54, 1.807) is 6.07 Å². The van der Waals surface area contributed by atoms with Gasteiger partial charge >= 0.3 is 6.61 Å². The van der Waals surface area contributed by atoms with Crippen molar-refractivity contribution in [2.24, 2.45) is 0 Å². The lowest BCUT2D eigenvalue weighted by Crippen LogP contribution is -2.04. The minimum absolute atomic E-state index is 0.277. The summed E-state index contributed by atoms with van der Waals surface area (Å²) in [6.07, 6.45) is 2.46. The van der Waals surface area contributed by atoms with Gasteiger partial charge in [0.25, 0.3) is 0 Å². The summed E-state index contributed by atoms with van der Waals surface area (Å²) >= 11 is 3.46. The summed E-state index contributed by atoms with van der Waals surface area (Å²) in [5, 5.41) is 0. The molecule has 0 spiro atoms. The van der Waals surface area contributed by atoms with Crippen LogP contribution in [0.15, 0.2) is 46.9 Å². The summed E-state index contributed by atoms with van der Waals surface area (Å²) in [4.78, 5) is 0. The molecule has 0 aliphatic rings. The van der Waals surface area contributed by atoms with Crippen LogP contribution in [0.3, 0.4) is 0 Å². The number of hydrogen-bond acceptors (Lipinski definition) is 1. The molecule has 0 heterocycles. The smallest absolute Gasteiger partial charge is 0.387 e. The number of alkyl halides is 2. The topological polar surface area (TPSA) is 9.23 Å². The Bertz CT molecular complexity index is 599. The van der Waals surface area contributed by atoms with E-state index >= 15 is 0 Å². The van der Waals surface area contributed by atoms with Crippen LogP contribution in [0.4, 0.5) is 8.78 Å². The molecule has 0 unspecified atom stereocenters. The molecule has 21 heavy (non-hydrogen) atoms. The summed E-state index contributed by atoms with van der Waals surface area (Å²) < 4.78 is 30.2. The highest BCUT2D eigenvalue weighted by molar-refractivity contribution is 9.10. The van der Waals surface area contributed by atoms with Crippen LogP contribution in [0.2, 0.25) is 0 Å². The Balaban J connectivity index is 2.07. The van der Waals surface area contributed by atoms with Gasteiger partial charge in [-0.2, -0.15) is 8.78 Å². The molecule has 0 aliphatic heterocycles. The highest BCUT2D eigenvalue weighted by atomic mass is 79.9. The van der Waals surface area contributed by atoms with Crippen LogP contribution in [0.25, 0.3) is 0 Å². The number of halogens is 3. The van der Waals surface area contributed by atoms with Crippen molar-refractivity contribution in [1.29, 1.82) is 0 Å². The Morgan fingerprint density at radius 3 is 2.38 bits per heavy atom. The third-order valence-corrected chi connectivity index (χ3v) is 3.81. The Kier molecular flexibility index (Phi) is 5.74. The lowest BCUT2D eigenvalue weighted by Gasteiger charge is -2.11. The molecule has 2 aromatic rings. The summed E-state index contributed by atoms with van der Waals surface area (Å²) in [5.41, 5.74) is 3.20. The summed E-state index contributed by atoms with van der Waals surface area (Å²) in [6.45, 7) is -0.839. The standard InChI is InChI=1S/C17H17BrF2O/c1-2-14-10-13(8-9-16(14)21-17(19)20)7-6-12-4-3-5-15(18)11-12/h3-5,8-11,17H,2,6-7H2,1H3. The van der Waals surface area contributed by atoms with Gasteiger partial charge in [-0.15, -0.1) is 0 Å².